The lowest BCUT2D eigenvalue weighted by atomic mass is 9.98. The molecule has 3 aromatic rings. The Balaban J connectivity index is 1.54. The van der Waals surface area contributed by atoms with Crippen LogP contribution in [0.4, 0.5) is 5.69 Å². The first-order valence-corrected chi connectivity index (χ1v) is 11.6. The Kier molecular flexibility index (Phi) is 5.49. The Hall–Kier alpha value is -2.91. The van der Waals surface area contributed by atoms with Crippen molar-refractivity contribution in [2.45, 2.75) is 31.6 Å². The Morgan fingerprint density at radius 2 is 1.84 bits per heavy atom. The van der Waals surface area contributed by atoms with Gasteiger partial charge in [-0.1, -0.05) is 6.07 Å². The second kappa shape index (κ2) is 7.97. The summed E-state index contributed by atoms with van der Waals surface area (Å²) in [5.41, 5.74) is 3.55. The van der Waals surface area contributed by atoms with Gasteiger partial charge >= 0.3 is 5.76 Å². The highest BCUT2D eigenvalue weighted by Crippen LogP contribution is 2.27. The second-order valence-corrected chi connectivity index (χ2v) is 10.1. The molecule has 0 bridgehead atoms. The molecule has 9 heteroatoms. The molecule has 8 nitrogen and oxygen atoms in total. The number of nitrogens with zero attached hydrogens (tertiary/aromatic N) is 2. The highest BCUT2D eigenvalue weighted by Gasteiger charge is 2.33. The third-order valence-corrected chi connectivity index (χ3v) is 7.51. The molecule has 4 rings (SSSR count). The summed E-state index contributed by atoms with van der Waals surface area (Å²) in [5, 5.41) is 2.93. The van der Waals surface area contributed by atoms with Crippen LogP contribution in [0.1, 0.15) is 24.0 Å². The molecule has 1 saturated heterocycles. The van der Waals surface area contributed by atoms with Crippen molar-refractivity contribution in [1.29, 1.82) is 0 Å². The van der Waals surface area contributed by atoms with Gasteiger partial charge in [0.1, 0.15) is 0 Å². The number of anilines is 1. The quantitative estimate of drug-likeness (QED) is 0.668. The Morgan fingerprint density at radius 3 is 2.55 bits per heavy atom. The van der Waals surface area contributed by atoms with Crippen molar-refractivity contribution in [2.24, 2.45) is 13.0 Å². The van der Waals surface area contributed by atoms with Gasteiger partial charge in [0.05, 0.1) is 16.3 Å². The number of benzene rings is 2. The molecule has 0 saturated carbocycles. The standard InChI is InChI=1S/C22H25N3O5S/c1-14-9-15(2)11-17(10-14)23-21(26)16-5-4-8-25(13-16)31(28,29)18-6-7-19-20(12-18)30-22(27)24(19)3/h6-7,9-12,16H,4-5,8,13H2,1-3H3,(H,23,26)/t16-/m0/s1. The number of sulfonamides is 1. The first-order valence-electron chi connectivity index (χ1n) is 10.1. The third kappa shape index (κ3) is 4.15. The topological polar surface area (TPSA) is 102 Å². The van der Waals surface area contributed by atoms with Crippen LogP contribution in [-0.2, 0) is 21.9 Å². The second-order valence-electron chi connectivity index (χ2n) is 8.12. The molecule has 0 unspecified atom stereocenters. The summed E-state index contributed by atoms with van der Waals surface area (Å²) < 4.78 is 34.2. The van der Waals surface area contributed by atoms with Crippen molar-refractivity contribution in [3.8, 4) is 0 Å². The van der Waals surface area contributed by atoms with Gasteiger partial charge in [0.15, 0.2) is 5.58 Å². The van der Waals surface area contributed by atoms with E-state index in [2.05, 4.69) is 5.32 Å². The fourth-order valence-corrected chi connectivity index (χ4v) is 5.63. The average Bonchev–Trinajstić information content (AvgIpc) is 3.00. The Labute approximate surface area is 180 Å². The predicted octanol–water partition coefficient (Wildman–Crippen LogP) is 2.79. The number of fused-ring (bicyclic) bond motifs is 1. The van der Waals surface area contributed by atoms with Crippen LogP contribution in [0.3, 0.4) is 0 Å². The molecule has 1 aliphatic heterocycles. The number of carbonyl (C=O) groups excluding carboxylic acids is 1. The number of nitrogens with one attached hydrogen (secondary N) is 1. The number of hydrogen-bond donors (Lipinski definition) is 1. The predicted molar refractivity (Wildman–Crippen MR) is 117 cm³/mol. The zero-order valence-electron chi connectivity index (χ0n) is 17.7. The van der Waals surface area contributed by atoms with Gasteiger partial charge in [-0.15, -0.1) is 0 Å². The number of rotatable bonds is 4. The number of aryl methyl sites for hydroxylation is 3. The van der Waals surface area contributed by atoms with E-state index in [1.54, 1.807) is 13.1 Å². The number of carbonyl (C=O) groups is 1. The van der Waals surface area contributed by atoms with E-state index in [-0.39, 0.29) is 22.9 Å². The molecule has 2 aromatic carbocycles. The van der Waals surface area contributed by atoms with Gasteiger partial charge in [-0.2, -0.15) is 4.31 Å². The number of hydrogen-bond acceptors (Lipinski definition) is 5. The van der Waals surface area contributed by atoms with Crippen LogP contribution in [0.2, 0.25) is 0 Å². The molecule has 31 heavy (non-hydrogen) atoms. The zero-order valence-corrected chi connectivity index (χ0v) is 18.5. The molecule has 164 valence electrons. The van der Waals surface area contributed by atoms with Crippen molar-refractivity contribution < 1.29 is 17.6 Å². The van der Waals surface area contributed by atoms with Crippen molar-refractivity contribution in [1.82, 2.24) is 8.87 Å². The molecule has 0 radical (unpaired) electrons. The minimum atomic E-state index is -3.83. The van der Waals surface area contributed by atoms with Crippen LogP contribution >= 0.6 is 0 Å². The van der Waals surface area contributed by atoms with Gasteiger partial charge in [-0.05, 0) is 62.1 Å². The van der Waals surface area contributed by atoms with Crippen molar-refractivity contribution in [3.05, 3.63) is 58.1 Å². The average molecular weight is 444 g/mol. The summed E-state index contributed by atoms with van der Waals surface area (Å²) in [6.07, 6.45) is 1.21. The van der Waals surface area contributed by atoms with Crippen LogP contribution in [0.15, 0.2) is 50.5 Å². The smallest absolute Gasteiger partial charge is 0.408 e. The summed E-state index contributed by atoms with van der Waals surface area (Å²) in [5.74, 6) is -1.18. The third-order valence-electron chi connectivity index (χ3n) is 5.65. The minimum Gasteiger partial charge on any atom is -0.408 e. The number of amides is 1. The highest BCUT2D eigenvalue weighted by molar-refractivity contribution is 7.89. The first kappa shape index (κ1) is 21.3. The fraction of sp³-hybridized carbons (Fsp3) is 0.364. The SMILES string of the molecule is Cc1cc(C)cc(NC(=O)[C@H]2CCCN(S(=O)(=O)c3ccc4c(c3)oc(=O)n4C)C2)c1. The van der Waals surface area contributed by atoms with E-state index in [9.17, 15) is 18.0 Å². The van der Waals surface area contributed by atoms with Gasteiger partial charge in [0.2, 0.25) is 15.9 Å². The lowest BCUT2D eigenvalue weighted by Crippen LogP contribution is -2.43. The summed E-state index contributed by atoms with van der Waals surface area (Å²) in [4.78, 5) is 24.6. The van der Waals surface area contributed by atoms with E-state index in [1.165, 1.54) is 21.0 Å². The molecular weight excluding hydrogens is 418 g/mol. The first-order chi connectivity index (χ1) is 14.6. The van der Waals surface area contributed by atoms with Crippen LogP contribution in [-0.4, -0.2) is 36.3 Å². The van der Waals surface area contributed by atoms with Crippen LogP contribution in [0, 0.1) is 19.8 Å². The van der Waals surface area contributed by atoms with Crippen molar-refractivity contribution in [3.63, 3.8) is 0 Å². The molecule has 2 heterocycles. The summed E-state index contributed by atoms with van der Waals surface area (Å²) in [6, 6.07) is 10.2. The molecule has 1 aromatic heterocycles. The van der Waals surface area contributed by atoms with Gasteiger partial charge in [-0.25, -0.2) is 13.2 Å². The zero-order chi connectivity index (χ0) is 22.3. The van der Waals surface area contributed by atoms with Gasteiger partial charge in [0, 0.05) is 31.9 Å². The number of oxazole rings is 1. The molecule has 1 fully saturated rings. The maximum Gasteiger partial charge on any atom is 0.419 e. The van der Waals surface area contributed by atoms with E-state index < -0.39 is 21.7 Å². The van der Waals surface area contributed by atoms with Gasteiger partial charge in [-0.3, -0.25) is 9.36 Å². The van der Waals surface area contributed by atoms with Gasteiger partial charge in [0.25, 0.3) is 0 Å². The molecule has 0 aliphatic carbocycles. The summed E-state index contributed by atoms with van der Waals surface area (Å²) >= 11 is 0. The Morgan fingerprint density at radius 1 is 1.13 bits per heavy atom. The summed E-state index contributed by atoms with van der Waals surface area (Å²) in [7, 11) is -2.27. The maximum absolute atomic E-state index is 13.2. The highest BCUT2D eigenvalue weighted by atomic mass is 32.2. The molecule has 0 spiro atoms. The lowest BCUT2D eigenvalue weighted by Gasteiger charge is -2.31. The Bertz CT molecular complexity index is 1300. The molecule has 1 amide bonds. The fourth-order valence-electron chi connectivity index (χ4n) is 4.09. The molecule has 1 atom stereocenters. The van der Waals surface area contributed by atoms with Crippen LogP contribution < -0.4 is 11.1 Å². The van der Waals surface area contributed by atoms with E-state index >= 15 is 0 Å². The van der Waals surface area contributed by atoms with Crippen LogP contribution in [0.5, 0.6) is 0 Å². The largest absolute Gasteiger partial charge is 0.419 e. The normalized spacial score (nSPS) is 17.7. The maximum atomic E-state index is 13.2. The summed E-state index contributed by atoms with van der Waals surface area (Å²) in [6.45, 7) is 4.37. The number of piperidine rings is 1. The van der Waals surface area contributed by atoms with E-state index in [1.807, 2.05) is 32.0 Å². The lowest BCUT2D eigenvalue weighted by molar-refractivity contribution is -0.120. The van der Waals surface area contributed by atoms with Gasteiger partial charge < -0.3 is 9.73 Å². The monoisotopic (exact) mass is 443 g/mol. The van der Waals surface area contributed by atoms with E-state index in [0.717, 1.165) is 11.1 Å². The minimum absolute atomic E-state index is 0.0460. The molecule has 1 N–H and O–H groups in total. The van der Waals surface area contributed by atoms with E-state index in [4.69, 9.17) is 4.42 Å². The van der Waals surface area contributed by atoms with E-state index in [0.29, 0.717) is 30.6 Å². The van der Waals surface area contributed by atoms with Crippen LogP contribution in [0.25, 0.3) is 11.1 Å². The number of aromatic nitrogens is 1. The molecular formula is C22H25N3O5S. The van der Waals surface area contributed by atoms with Crippen molar-refractivity contribution >= 4 is 32.7 Å². The molecule has 1 aliphatic rings. The van der Waals surface area contributed by atoms with Crippen molar-refractivity contribution in [2.75, 3.05) is 18.4 Å².